The van der Waals surface area contributed by atoms with Gasteiger partial charge in [0.25, 0.3) is 11.8 Å². The van der Waals surface area contributed by atoms with Crippen LogP contribution in [0.1, 0.15) is 43.8 Å². The molecule has 1 heterocycles. The zero-order valence-corrected chi connectivity index (χ0v) is 20.2. The number of carbonyl (C=O) groups is 2. The molecule has 2 amide bonds. The van der Waals surface area contributed by atoms with Gasteiger partial charge in [-0.2, -0.15) is 0 Å². The fourth-order valence-electron chi connectivity index (χ4n) is 4.13. The van der Waals surface area contributed by atoms with Gasteiger partial charge in [-0.25, -0.2) is 13.4 Å². The van der Waals surface area contributed by atoms with E-state index in [9.17, 15) is 18.0 Å². The SMILES string of the molecule is Cc1cccc(C(=O)N(NS(C)(=O)=O)c2ccc(C(=O)N3CCCc4ccccc43)cc2)c1C. The minimum absolute atomic E-state index is 0.137. The molecule has 0 spiro atoms. The van der Waals surface area contributed by atoms with Gasteiger partial charge in [-0.3, -0.25) is 9.59 Å². The molecule has 1 aliphatic rings. The van der Waals surface area contributed by atoms with Crippen LogP contribution in [0.15, 0.2) is 66.7 Å². The van der Waals surface area contributed by atoms with Crippen molar-refractivity contribution in [2.45, 2.75) is 26.7 Å². The Kier molecular flexibility index (Phi) is 6.54. The van der Waals surface area contributed by atoms with E-state index in [1.54, 1.807) is 41.3 Å². The highest BCUT2D eigenvalue weighted by atomic mass is 32.2. The third-order valence-electron chi connectivity index (χ3n) is 6.02. The molecule has 0 radical (unpaired) electrons. The molecule has 0 atom stereocenters. The van der Waals surface area contributed by atoms with E-state index in [4.69, 9.17) is 0 Å². The summed E-state index contributed by atoms with van der Waals surface area (Å²) in [6.07, 6.45) is 2.81. The van der Waals surface area contributed by atoms with Crippen LogP contribution in [0.5, 0.6) is 0 Å². The minimum atomic E-state index is -3.74. The number of fused-ring (bicyclic) bond motifs is 1. The average Bonchev–Trinajstić information content (AvgIpc) is 2.82. The maximum atomic E-state index is 13.3. The molecule has 3 aromatic rings. The topological polar surface area (TPSA) is 86.8 Å². The van der Waals surface area contributed by atoms with Gasteiger partial charge in [-0.1, -0.05) is 30.3 Å². The van der Waals surface area contributed by atoms with Crippen LogP contribution in [0.25, 0.3) is 0 Å². The van der Waals surface area contributed by atoms with E-state index in [1.807, 2.05) is 44.2 Å². The van der Waals surface area contributed by atoms with Gasteiger partial charge >= 0.3 is 0 Å². The van der Waals surface area contributed by atoms with Crippen molar-refractivity contribution in [3.8, 4) is 0 Å². The first kappa shape index (κ1) is 23.7. The number of nitrogens with zero attached hydrogens (tertiary/aromatic N) is 2. The Morgan fingerprint density at radius 3 is 2.35 bits per heavy atom. The van der Waals surface area contributed by atoms with Crippen LogP contribution in [0.3, 0.4) is 0 Å². The zero-order valence-electron chi connectivity index (χ0n) is 19.4. The number of para-hydroxylation sites is 1. The van der Waals surface area contributed by atoms with Crippen LogP contribution in [-0.4, -0.2) is 33.0 Å². The molecule has 0 unspecified atom stereocenters. The Morgan fingerprint density at radius 2 is 1.65 bits per heavy atom. The molecule has 4 rings (SSSR count). The monoisotopic (exact) mass is 477 g/mol. The number of aryl methyl sites for hydroxylation is 2. The molecule has 0 aliphatic carbocycles. The van der Waals surface area contributed by atoms with E-state index < -0.39 is 15.9 Å². The van der Waals surface area contributed by atoms with Crippen LogP contribution >= 0.6 is 0 Å². The lowest BCUT2D eigenvalue weighted by Crippen LogP contribution is -2.46. The predicted octanol–water partition coefficient (Wildman–Crippen LogP) is 4.01. The lowest BCUT2D eigenvalue weighted by atomic mass is 10.0. The summed E-state index contributed by atoms with van der Waals surface area (Å²) in [6.45, 7) is 4.34. The molecule has 0 saturated carbocycles. The van der Waals surface area contributed by atoms with Crippen molar-refractivity contribution in [2.75, 3.05) is 22.7 Å². The zero-order chi connectivity index (χ0) is 24.5. The maximum absolute atomic E-state index is 13.3. The quantitative estimate of drug-likeness (QED) is 0.563. The van der Waals surface area contributed by atoms with Crippen LogP contribution in [0.4, 0.5) is 11.4 Å². The number of hydrogen-bond donors (Lipinski definition) is 1. The molecule has 34 heavy (non-hydrogen) atoms. The Bertz CT molecular complexity index is 1350. The molecule has 0 fully saturated rings. The molecule has 1 aliphatic heterocycles. The fraction of sp³-hybridized carbons (Fsp3) is 0.231. The largest absolute Gasteiger partial charge is 0.308 e. The summed E-state index contributed by atoms with van der Waals surface area (Å²) in [7, 11) is -3.74. The molecular formula is C26H27N3O4S. The molecule has 0 bridgehead atoms. The van der Waals surface area contributed by atoms with Gasteiger partial charge in [0.1, 0.15) is 0 Å². The van der Waals surface area contributed by atoms with E-state index in [-0.39, 0.29) is 5.91 Å². The fourth-order valence-corrected chi connectivity index (χ4v) is 4.65. The first-order chi connectivity index (χ1) is 16.2. The predicted molar refractivity (Wildman–Crippen MR) is 134 cm³/mol. The number of anilines is 2. The summed E-state index contributed by atoms with van der Waals surface area (Å²) in [5, 5.41) is 1.00. The van der Waals surface area contributed by atoms with Crippen molar-refractivity contribution in [1.29, 1.82) is 0 Å². The summed E-state index contributed by atoms with van der Waals surface area (Å²) < 4.78 is 24.1. The Morgan fingerprint density at radius 1 is 0.941 bits per heavy atom. The Hall–Kier alpha value is -3.49. The van der Waals surface area contributed by atoms with Gasteiger partial charge in [-0.15, -0.1) is 4.83 Å². The van der Waals surface area contributed by atoms with E-state index >= 15 is 0 Å². The lowest BCUT2D eigenvalue weighted by molar-refractivity contribution is 0.0976. The van der Waals surface area contributed by atoms with Crippen molar-refractivity contribution in [3.05, 3.63) is 94.5 Å². The number of hydrogen-bond acceptors (Lipinski definition) is 4. The standard InChI is InChI=1S/C26H27N3O4S/c1-18-8-6-11-23(19(18)2)26(31)29(27-34(3,32)33)22-15-13-21(14-16-22)25(30)28-17-7-10-20-9-4-5-12-24(20)28/h4-6,8-9,11-16,27H,7,10,17H2,1-3H3. The van der Waals surface area contributed by atoms with Crippen molar-refractivity contribution >= 4 is 33.2 Å². The second-order valence-electron chi connectivity index (χ2n) is 8.49. The normalized spacial score (nSPS) is 13.3. The van der Waals surface area contributed by atoms with E-state index in [2.05, 4.69) is 4.83 Å². The number of nitrogens with one attached hydrogen (secondary N) is 1. The second-order valence-corrected chi connectivity index (χ2v) is 10.2. The number of amides is 2. The summed E-state index contributed by atoms with van der Waals surface area (Å²) >= 11 is 0. The molecule has 7 nitrogen and oxygen atoms in total. The van der Waals surface area contributed by atoms with Gasteiger partial charge in [0.2, 0.25) is 10.0 Å². The van der Waals surface area contributed by atoms with Crippen LogP contribution < -0.4 is 14.7 Å². The lowest BCUT2D eigenvalue weighted by Gasteiger charge is -2.29. The Balaban J connectivity index is 1.65. The average molecular weight is 478 g/mol. The molecule has 1 N–H and O–H groups in total. The first-order valence-electron chi connectivity index (χ1n) is 11.0. The van der Waals surface area contributed by atoms with Gasteiger partial charge in [0.15, 0.2) is 0 Å². The van der Waals surface area contributed by atoms with Gasteiger partial charge < -0.3 is 4.90 Å². The van der Waals surface area contributed by atoms with Crippen molar-refractivity contribution in [2.24, 2.45) is 0 Å². The van der Waals surface area contributed by atoms with Gasteiger partial charge in [0.05, 0.1) is 11.9 Å². The first-order valence-corrected chi connectivity index (χ1v) is 12.9. The third-order valence-corrected chi connectivity index (χ3v) is 6.54. The Labute approximate surface area is 200 Å². The molecule has 176 valence electrons. The number of sulfonamides is 1. The van der Waals surface area contributed by atoms with E-state index in [0.717, 1.165) is 46.5 Å². The number of hydrazine groups is 1. The summed E-state index contributed by atoms with van der Waals surface area (Å²) in [5.74, 6) is -0.641. The highest BCUT2D eigenvalue weighted by molar-refractivity contribution is 7.88. The maximum Gasteiger partial charge on any atom is 0.273 e. The van der Waals surface area contributed by atoms with Crippen LogP contribution in [-0.2, 0) is 16.4 Å². The van der Waals surface area contributed by atoms with Crippen molar-refractivity contribution < 1.29 is 18.0 Å². The molecule has 8 heteroatoms. The number of benzene rings is 3. The van der Waals surface area contributed by atoms with Crippen molar-refractivity contribution in [1.82, 2.24) is 4.83 Å². The van der Waals surface area contributed by atoms with Crippen molar-refractivity contribution in [3.63, 3.8) is 0 Å². The molecular weight excluding hydrogens is 450 g/mol. The third kappa shape index (κ3) is 4.88. The summed E-state index contributed by atoms with van der Waals surface area (Å²) in [6, 6.07) is 19.5. The van der Waals surface area contributed by atoms with E-state index in [0.29, 0.717) is 23.4 Å². The van der Waals surface area contributed by atoms with Crippen LogP contribution in [0, 0.1) is 13.8 Å². The highest BCUT2D eigenvalue weighted by Crippen LogP contribution is 2.29. The smallest absolute Gasteiger partial charge is 0.273 e. The number of carbonyl (C=O) groups excluding carboxylic acids is 2. The summed E-state index contributed by atoms with van der Waals surface area (Å²) in [4.78, 5) is 30.6. The second kappa shape index (κ2) is 9.40. The minimum Gasteiger partial charge on any atom is -0.308 e. The van der Waals surface area contributed by atoms with Crippen LogP contribution in [0.2, 0.25) is 0 Å². The van der Waals surface area contributed by atoms with E-state index in [1.165, 1.54) is 0 Å². The number of rotatable bonds is 5. The molecule has 0 aromatic heterocycles. The van der Waals surface area contributed by atoms with Gasteiger partial charge in [-0.05, 0) is 79.8 Å². The summed E-state index contributed by atoms with van der Waals surface area (Å²) in [5.41, 5.74) is 4.90. The molecule has 3 aromatic carbocycles. The van der Waals surface area contributed by atoms with Gasteiger partial charge in [0, 0.05) is 23.4 Å². The molecule has 0 saturated heterocycles. The highest BCUT2D eigenvalue weighted by Gasteiger charge is 2.26.